The molecule has 8 heteroatoms. The topological polar surface area (TPSA) is 126 Å². The maximum atomic E-state index is 13.7. The van der Waals surface area contributed by atoms with E-state index in [2.05, 4.69) is 18.0 Å². The molecule has 6 rings (SSSR count). The standard InChI is InChI=1S/C29H35NO7/c1-16(31)36-24(2,3)29(35)22(33)15-27(37-29)21(32)11-12-25(4)26(5)17(10-13-28(25,27)34)14-19-18-8-6-7-9-20(18)30-23(19)26/h6-9,17,30,34-35H,10-15H2,1-5H3/t17-,25+,26+,27+,28-,29+/m1/s1. The molecule has 0 radical (unpaired) electrons. The van der Waals surface area contributed by atoms with Gasteiger partial charge in [-0.3, -0.25) is 14.4 Å². The van der Waals surface area contributed by atoms with Crippen molar-refractivity contribution in [2.75, 3.05) is 0 Å². The van der Waals surface area contributed by atoms with Crippen LogP contribution >= 0.6 is 0 Å². The van der Waals surface area contributed by atoms with Crippen LogP contribution in [0.4, 0.5) is 0 Å². The van der Waals surface area contributed by atoms with Gasteiger partial charge in [-0.15, -0.1) is 0 Å². The highest BCUT2D eigenvalue weighted by atomic mass is 16.7. The lowest BCUT2D eigenvalue weighted by Crippen LogP contribution is -2.77. The summed E-state index contributed by atoms with van der Waals surface area (Å²) in [5, 5.41) is 25.5. The number of nitrogens with one attached hydrogen (secondary N) is 1. The molecule has 2 saturated carbocycles. The molecule has 1 saturated heterocycles. The highest BCUT2D eigenvalue weighted by Crippen LogP contribution is 2.71. The lowest BCUT2D eigenvalue weighted by Gasteiger charge is -2.66. The van der Waals surface area contributed by atoms with Gasteiger partial charge < -0.3 is 24.7 Å². The Morgan fingerprint density at radius 2 is 1.84 bits per heavy atom. The van der Waals surface area contributed by atoms with Crippen molar-refractivity contribution in [2.24, 2.45) is 11.3 Å². The summed E-state index contributed by atoms with van der Waals surface area (Å²) in [6.07, 6.45) is 1.82. The van der Waals surface area contributed by atoms with Gasteiger partial charge in [-0.1, -0.05) is 32.0 Å². The Bertz CT molecular complexity index is 1380. The van der Waals surface area contributed by atoms with E-state index in [0.29, 0.717) is 12.8 Å². The third-order valence-electron chi connectivity index (χ3n) is 10.8. The molecule has 1 spiro atoms. The Balaban J connectivity index is 1.51. The Kier molecular flexibility index (Phi) is 4.75. The van der Waals surface area contributed by atoms with Gasteiger partial charge in [0.25, 0.3) is 5.79 Å². The number of Topliss-reactive ketones (excluding diaryl/α,β-unsaturated/α-hetero) is 2. The van der Waals surface area contributed by atoms with E-state index < -0.39 is 57.4 Å². The van der Waals surface area contributed by atoms with Crippen LogP contribution in [0.5, 0.6) is 0 Å². The lowest BCUT2D eigenvalue weighted by molar-refractivity contribution is -0.335. The number of carbonyl (C=O) groups excluding carboxylic acids is 3. The molecule has 3 fully saturated rings. The van der Waals surface area contributed by atoms with Crippen LogP contribution in [0.3, 0.4) is 0 Å². The zero-order valence-electron chi connectivity index (χ0n) is 22.1. The molecule has 3 aliphatic carbocycles. The summed E-state index contributed by atoms with van der Waals surface area (Å²) in [5.74, 6) is -4.19. The average Bonchev–Trinajstić information content (AvgIpc) is 3.43. The van der Waals surface area contributed by atoms with Crippen molar-refractivity contribution < 1.29 is 34.1 Å². The Hall–Kier alpha value is -2.55. The maximum Gasteiger partial charge on any atom is 0.303 e. The van der Waals surface area contributed by atoms with Crippen LogP contribution in [0.15, 0.2) is 24.3 Å². The fourth-order valence-corrected chi connectivity index (χ4v) is 8.59. The molecule has 1 aliphatic heterocycles. The molecular weight excluding hydrogens is 474 g/mol. The molecule has 37 heavy (non-hydrogen) atoms. The molecule has 3 N–H and O–H groups in total. The first-order chi connectivity index (χ1) is 17.2. The normalized spacial score (nSPS) is 41.1. The second kappa shape index (κ2) is 7.10. The van der Waals surface area contributed by atoms with Crippen LogP contribution in [-0.2, 0) is 35.7 Å². The van der Waals surface area contributed by atoms with Gasteiger partial charge in [-0.2, -0.15) is 0 Å². The molecule has 0 bridgehead atoms. The molecule has 2 aromatic rings. The van der Waals surface area contributed by atoms with Gasteiger partial charge in [0.2, 0.25) is 0 Å². The van der Waals surface area contributed by atoms with Crippen molar-refractivity contribution in [3.8, 4) is 0 Å². The molecule has 0 amide bonds. The van der Waals surface area contributed by atoms with Crippen LogP contribution in [0, 0.1) is 11.3 Å². The van der Waals surface area contributed by atoms with E-state index in [4.69, 9.17) is 9.47 Å². The summed E-state index contributed by atoms with van der Waals surface area (Å²) in [6.45, 7) is 8.12. The van der Waals surface area contributed by atoms with Gasteiger partial charge in [0, 0.05) is 40.8 Å². The number of rotatable bonds is 2. The van der Waals surface area contributed by atoms with Crippen LogP contribution in [-0.4, -0.2) is 55.3 Å². The fourth-order valence-electron chi connectivity index (χ4n) is 8.59. The number of carbonyl (C=O) groups is 3. The van der Waals surface area contributed by atoms with Gasteiger partial charge in [-0.05, 0) is 57.1 Å². The van der Waals surface area contributed by atoms with E-state index in [0.717, 1.165) is 17.6 Å². The average molecular weight is 510 g/mol. The predicted octanol–water partition coefficient (Wildman–Crippen LogP) is 3.25. The third-order valence-corrected chi connectivity index (χ3v) is 10.8. The third kappa shape index (κ3) is 2.62. The number of fused-ring (bicyclic) bond motifs is 8. The molecule has 8 nitrogen and oxygen atoms in total. The number of H-pyrrole nitrogens is 1. The number of aromatic amines is 1. The van der Waals surface area contributed by atoms with E-state index >= 15 is 0 Å². The van der Waals surface area contributed by atoms with Crippen LogP contribution < -0.4 is 0 Å². The summed E-state index contributed by atoms with van der Waals surface area (Å²) < 4.78 is 11.5. The van der Waals surface area contributed by atoms with E-state index in [-0.39, 0.29) is 18.8 Å². The molecule has 0 unspecified atom stereocenters. The largest absolute Gasteiger partial charge is 0.454 e. The van der Waals surface area contributed by atoms with E-state index in [1.165, 1.54) is 31.7 Å². The van der Waals surface area contributed by atoms with Crippen molar-refractivity contribution in [1.82, 2.24) is 4.98 Å². The molecule has 1 aromatic heterocycles. The number of aliphatic hydroxyl groups is 2. The van der Waals surface area contributed by atoms with E-state index in [1.807, 2.05) is 25.1 Å². The summed E-state index contributed by atoms with van der Waals surface area (Å²) >= 11 is 0. The van der Waals surface area contributed by atoms with Gasteiger partial charge >= 0.3 is 5.97 Å². The first-order valence-corrected chi connectivity index (χ1v) is 13.2. The van der Waals surface area contributed by atoms with E-state index in [1.54, 1.807) is 0 Å². The number of hydrogen-bond donors (Lipinski definition) is 3. The van der Waals surface area contributed by atoms with Crippen molar-refractivity contribution in [3.63, 3.8) is 0 Å². The summed E-state index contributed by atoms with van der Waals surface area (Å²) in [4.78, 5) is 42.6. The van der Waals surface area contributed by atoms with Gasteiger partial charge in [0.15, 0.2) is 22.8 Å². The number of esters is 1. The Morgan fingerprint density at radius 3 is 2.54 bits per heavy atom. The van der Waals surface area contributed by atoms with Gasteiger partial charge in [0.05, 0.1) is 6.42 Å². The number of para-hydroxylation sites is 1. The monoisotopic (exact) mass is 509 g/mol. The summed E-state index contributed by atoms with van der Waals surface area (Å²) in [6, 6.07) is 8.18. The van der Waals surface area contributed by atoms with Crippen LogP contribution in [0.1, 0.15) is 78.0 Å². The van der Waals surface area contributed by atoms with Gasteiger partial charge in [-0.25, -0.2) is 0 Å². The number of ether oxygens (including phenoxy) is 2. The smallest absolute Gasteiger partial charge is 0.303 e. The van der Waals surface area contributed by atoms with Crippen molar-refractivity contribution in [1.29, 1.82) is 0 Å². The van der Waals surface area contributed by atoms with Crippen molar-refractivity contribution >= 4 is 28.4 Å². The number of aromatic nitrogens is 1. The molecule has 1 aromatic carbocycles. The predicted molar refractivity (Wildman–Crippen MR) is 134 cm³/mol. The molecule has 4 aliphatic rings. The maximum absolute atomic E-state index is 13.7. The number of ketones is 2. The summed E-state index contributed by atoms with van der Waals surface area (Å²) in [7, 11) is 0. The molecule has 198 valence electrons. The first kappa shape index (κ1) is 24.8. The minimum absolute atomic E-state index is 0.105. The van der Waals surface area contributed by atoms with Crippen molar-refractivity contribution in [2.45, 2.75) is 101 Å². The number of benzene rings is 1. The van der Waals surface area contributed by atoms with Gasteiger partial charge in [0.1, 0.15) is 5.60 Å². The van der Waals surface area contributed by atoms with Crippen LogP contribution in [0.25, 0.3) is 10.9 Å². The summed E-state index contributed by atoms with van der Waals surface area (Å²) in [5.41, 5.74) is -3.45. The van der Waals surface area contributed by atoms with Crippen LogP contribution in [0.2, 0.25) is 0 Å². The second-order valence-electron chi connectivity index (χ2n) is 12.6. The zero-order chi connectivity index (χ0) is 26.8. The zero-order valence-corrected chi connectivity index (χ0v) is 22.1. The minimum atomic E-state index is -2.57. The SMILES string of the molecule is CC(=O)OC(C)(C)[C@@]1(O)O[C@@]2(CC1=O)C(=O)CC[C@]1(C)[C@]2(O)CC[C@@H]2Cc3c([nH]c4ccccc34)[C@]21C. The Morgan fingerprint density at radius 1 is 1.14 bits per heavy atom. The quantitative estimate of drug-likeness (QED) is 0.531. The first-order valence-electron chi connectivity index (χ1n) is 13.2. The fraction of sp³-hybridized carbons (Fsp3) is 0.621. The lowest BCUT2D eigenvalue weighted by atomic mass is 9.40. The highest BCUT2D eigenvalue weighted by molar-refractivity contribution is 6.01. The van der Waals surface area contributed by atoms with E-state index in [9.17, 15) is 24.6 Å². The molecule has 2 heterocycles. The number of hydrogen-bond acceptors (Lipinski definition) is 7. The highest BCUT2D eigenvalue weighted by Gasteiger charge is 2.80. The van der Waals surface area contributed by atoms with Crippen molar-refractivity contribution in [3.05, 3.63) is 35.5 Å². The molecular formula is C29H35NO7. The second-order valence-corrected chi connectivity index (χ2v) is 12.6. The Labute approximate surface area is 215 Å². The molecule has 6 atom stereocenters. The minimum Gasteiger partial charge on any atom is -0.454 e.